The fourth-order valence-corrected chi connectivity index (χ4v) is 0.547. The number of rotatable bonds is 4. The maximum Gasteiger partial charge on any atom is 1.00 e. The number of hydrogen-bond acceptors (Lipinski definition) is 4. The third kappa shape index (κ3) is 3.61. The smallest absolute Gasteiger partial charge is 0.549 e. The van der Waals surface area contributed by atoms with E-state index in [0.29, 0.717) is 0 Å². The molecule has 0 spiro atoms. The van der Waals surface area contributed by atoms with Crippen molar-refractivity contribution in [1.82, 2.24) is 0 Å². The molecule has 0 radical (unpaired) electrons. The molecule has 2 N–H and O–H groups in total. The zero-order chi connectivity index (χ0) is 8.20. The third-order valence-corrected chi connectivity index (χ3v) is 1.72. The predicted octanol–water partition coefficient (Wildman–Crippen LogP) is -4.88. The standard InChI is InChI=1S/C6H12O4.Rb/c1-2-6(3-7,4-8)5(9)10;/h7-8H,2-4H2,1H3,(H,9,10);/q;+1/p-1. The molecule has 4 nitrogen and oxygen atoms in total. The Labute approximate surface area is 114 Å². The van der Waals surface area contributed by atoms with Crippen LogP contribution < -0.4 is 63.3 Å². The van der Waals surface area contributed by atoms with Gasteiger partial charge in [0.05, 0.1) is 24.6 Å². The summed E-state index contributed by atoms with van der Waals surface area (Å²) in [6.45, 7) is 0.410. The summed E-state index contributed by atoms with van der Waals surface area (Å²) in [6, 6.07) is 0. The summed E-state index contributed by atoms with van der Waals surface area (Å²) in [6.07, 6.45) is 0.169. The molecular formula is C6H11O4Rb. The molecule has 0 fully saturated rings. The minimum Gasteiger partial charge on any atom is -0.549 e. The molecule has 0 aromatic heterocycles. The summed E-state index contributed by atoms with van der Waals surface area (Å²) in [5, 5.41) is 27.4. The van der Waals surface area contributed by atoms with E-state index < -0.39 is 24.6 Å². The Morgan fingerprint density at radius 2 is 1.82 bits per heavy atom. The van der Waals surface area contributed by atoms with Gasteiger partial charge < -0.3 is 20.1 Å². The molecule has 0 aliphatic rings. The molecule has 0 aromatic carbocycles. The number of aliphatic carboxylic acids is 1. The van der Waals surface area contributed by atoms with E-state index >= 15 is 0 Å². The molecule has 0 saturated heterocycles. The van der Waals surface area contributed by atoms with Crippen LogP contribution in [0, 0.1) is 5.41 Å². The van der Waals surface area contributed by atoms with Gasteiger partial charge in [-0.3, -0.25) is 0 Å². The van der Waals surface area contributed by atoms with Crippen LogP contribution in [0.5, 0.6) is 0 Å². The van der Waals surface area contributed by atoms with Crippen LogP contribution in [-0.4, -0.2) is 29.4 Å². The van der Waals surface area contributed by atoms with E-state index in [4.69, 9.17) is 10.2 Å². The van der Waals surface area contributed by atoms with Gasteiger partial charge in [-0.1, -0.05) is 6.92 Å². The molecular weight excluding hydrogens is 222 g/mol. The maximum atomic E-state index is 10.3. The Bertz CT molecular complexity index is 113. The fraction of sp³-hybridized carbons (Fsp3) is 0.833. The van der Waals surface area contributed by atoms with E-state index in [1.54, 1.807) is 6.92 Å². The zero-order valence-corrected chi connectivity index (χ0v) is 11.7. The van der Waals surface area contributed by atoms with Crippen LogP contribution in [-0.2, 0) is 4.79 Å². The minimum absolute atomic E-state index is 0. The molecule has 0 rings (SSSR count). The maximum absolute atomic E-state index is 10.3. The molecule has 5 heteroatoms. The SMILES string of the molecule is CCC(CO)(CO)C(=O)[O-].[Rb+]. The predicted molar refractivity (Wildman–Crippen MR) is 31.9 cm³/mol. The zero-order valence-electron chi connectivity index (χ0n) is 6.83. The molecule has 0 bridgehead atoms. The van der Waals surface area contributed by atoms with Gasteiger partial charge >= 0.3 is 58.2 Å². The molecule has 60 valence electrons. The summed E-state index contributed by atoms with van der Waals surface area (Å²) in [5.74, 6) is -1.40. The molecule has 0 atom stereocenters. The first-order valence-electron chi connectivity index (χ1n) is 3.06. The monoisotopic (exact) mass is 232 g/mol. The van der Waals surface area contributed by atoms with Crippen molar-refractivity contribution in [1.29, 1.82) is 0 Å². The average molecular weight is 233 g/mol. The molecule has 0 aliphatic carbocycles. The van der Waals surface area contributed by atoms with Gasteiger partial charge in [0.1, 0.15) is 0 Å². The molecule has 0 heterocycles. The van der Waals surface area contributed by atoms with Crippen molar-refractivity contribution in [3.05, 3.63) is 0 Å². The molecule has 0 amide bonds. The van der Waals surface area contributed by atoms with E-state index in [1.165, 1.54) is 0 Å². The Kier molecular flexibility index (Phi) is 8.93. The number of carboxylic acid groups (broad SMARTS) is 1. The van der Waals surface area contributed by atoms with Crippen molar-refractivity contribution in [3.63, 3.8) is 0 Å². The average Bonchev–Trinajstić information content (AvgIpc) is 1.92. The van der Waals surface area contributed by atoms with Crippen molar-refractivity contribution in [3.8, 4) is 0 Å². The van der Waals surface area contributed by atoms with Gasteiger partial charge in [0.2, 0.25) is 0 Å². The molecule has 0 aromatic rings. The first kappa shape index (κ1) is 14.7. The van der Waals surface area contributed by atoms with Crippen LogP contribution in [0.2, 0.25) is 0 Å². The Morgan fingerprint density at radius 3 is 1.82 bits per heavy atom. The minimum atomic E-state index is -1.46. The van der Waals surface area contributed by atoms with Gasteiger partial charge in [-0.05, 0) is 6.42 Å². The van der Waals surface area contributed by atoms with Crippen LogP contribution >= 0.6 is 0 Å². The van der Waals surface area contributed by atoms with Gasteiger partial charge in [0.25, 0.3) is 0 Å². The largest absolute Gasteiger partial charge is 1.00 e. The summed E-state index contributed by atoms with van der Waals surface area (Å²) in [4.78, 5) is 10.3. The summed E-state index contributed by atoms with van der Waals surface area (Å²) in [5.41, 5.74) is -1.46. The van der Waals surface area contributed by atoms with E-state index in [9.17, 15) is 9.90 Å². The summed E-state index contributed by atoms with van der Waals surface area (Å²) < 4.78 is 0. The van der Waals surface area contributed by atoms with E-state index in [0.717, 1.165) is 0 Å². The van der Waals surface area contributed by atoms with Gasteiger partial charge in [0.15, 0.2) is 0 Å². The van der Waals surface area contributed by atoms with Crippen LogP contribution in [0.15, 0.2) is 0 Å². The number of carboxylic acids is 1. The van der Waals surface area contributed by atoms with Crippen molar-refractivity contribution < 1.29 is 78.3 Å². The second-order valence-electron chi connectivity index (χ2n) is 2.24. The quantitative estimate of drug-likeness (QED) is 0.509. The second kappa shape index (κ2) is 6.68. The number of carbonyl (C=O) groups excluding carboxylic acids is 1. The molecule has 11 heavy (non-hydrogen) atoms. The number of aliphatic hydroxyl groups is 2. The van der Waals surface area contributed by atoms with Crippen LogP contribution in [0.4, 0.5) is 0 Å². The van der Waals surface area contributed by atoms with Crippen molar-refractivity contribution in [2.24, 2.45) is 5.41 Å². The molecule has 0 aliphatic heterocycles. The van der Waals surface area contributed by atoms with Crippen molar-refractivity contribution in [2.75, 3.05) is 13.2 Å². The van der Waals surface area contributed by atoms with Gasteiger partial charge in [-0.15, -0.1) is 0 Å². The van der Waals surface area contributed by atoms with Crippen LogP contribution in [0.3, 0.4) is 0 Å². The molecule has 0 unspecified atom stereocenters. The first-order valence-corrected chi connectivity index (χ1v) is 3.06. The van der Waals surface area contributed by atoms with Crippen molar-refractivity contribution in [2.45, 2.75) is 13.3 Å². The first-order chi connectivity index (χ1) is 4.63. The van der Waals surface area contributed by atoms with E-state index in [1.807, 2.05) is 0 Å². The van der Waals surface area contributed by atoms with E-state index in [2.05, 4.69) is 0 Å². The Balaban J connectivity index is 0. The summed E-state index contributed by atoms with van der Waals surface area (Å²) in [7, 11) is 0. The van der Waals surface area contributed by atoms with Gasteiger partial charge in [0, 0.05) is 0 Å². The van der Waals surface area contributed by atoms with E-state index in [-0.39, 0.29) is 64.6 Å². The topological polar surface area (TPSA) is 80.6 Å². The van der Waals surface area contributed by atoms with Crippen LogP contribution in [0.25, 0.3) is 0 Å². The number of carbonyl (C=O) groups is 1. The Morgan fingerprint density at radius 1 is 1.45 bits per heavy atom. The Hall–Kier alpha value is 1.20. The van der Waals surface area contributed by atoms with Gasteiger partial charge in [-0.25, -0.2) is 0 Å². The van der Waals surface area contributed by atoms with Crippen molar-refractivity contribution >= 4 is 5.97 Å². The molecule has 0 saturated carbocycles. The number of aliphatic hydroxyl groups excluding tert-OH is 2. The fourth-order valence-electron chi connectivity index (χ4n) is 0.547. The van der Waals surface area contributed by atoms with Crippen LogP contribution in [0.1, 0.15) is 13.3 Å². The number of hydrogen-bond donors (Lipinski definition) is 2. The summed E-state index contributed by atoms with van der Waals surface area (Å²) >= 11 is 0. The second-order valence-corrected chi connectivity index (χ2v) is 2.24. The van der Waals surface area contributed by atoms with Gasteiger partial charge in [-0.2, -0.15) is 0 Å². The third-order valence-electron chi connectivity index (χ3n) is 1.72. The normalized spacial score (nSPS) is 10.5.